The molecule has 0 aromatic rings. The predicted octanol–water partition coefficient (Wildman–Crippen LogP) is 3.01. The second-order valence-corrected chi connectivity index (χ2v) is 22.6. The zero-order valence-corrected chi connectivity index (χ0v) is 37.3. The predicted molar refractivity (Wildman–Crippen MR) is 217 cm³/mol. The van der Waals surface area contributed by atoms with Crippen molar-refractivity contribution in [2.75, 3.05) is 13.2 Å². The molecule has 8 rings (SSSR count). The topological polar surface area (TPSA) is 234 Å². The van der Waals surface area contributed by atoms with E-state index in [-0.39, 0.29) is 58.2 Å². The number of aliphatic hydroxyl groups is 7. The number of fused-ring (bicyclic) bond motifs is 7. The minimum Gasteiger partial charge on any atom is -0.481 e. The molecule has 0 bridgehead atoms. The van der Waals surface area contributed by atoms with E-state index in [4.69, 9.17) is 28.4 Å². The van der Waals surface area contributed by atoms with Crippen molar-refractivity contribution in [3.8, 4) is 0 Å². The van der Waals surface area contributed by atoms with Crippen LogP contribution in [0.4, 0.5) is 0 Å². The number of hydrogen-bond donors (Lipinski definition) is 8. The molecule has 4 saturated carbocycles. The van der Waals surface area contributed by atoms with Crippen molar-refractivity contribution in [1.29, 1.82) is 0 Å². The van der Waals surface area contributed by atoms with Crippen molar-refractivity contribution in [2.24, 2.45) is 50.2 Å². The van der Waals surface area contributed by atoms with E-state index in [1.54, 1.807) is 0 Å². The molecule has 0 amide bonds. The fourth-order valence-corrected chi connectivity index (χ4v) is 14.5. The Morgan fingerprint density at radius 1 is 0.672 bits per heavy atom. The Hall–Kier alpha value is -1.31. The number of ether oxygens (including phenoxy) is 6. The monoisotopic (exact) mass is 867 g/mol. The van der Waals surface area contributed by atoms with Crippen LogP contribution in [0.1, 0.15) is 120 Å². The molecule has 0 aromatic heterocycles. The molecule has 15 heteroatoms. The van der Waals surface area contributed by atoms with Gasteiger partial charge < -0.3 is 69.3 Å². The lowest BCUT2D eigenvalue weighted by atomic mass is 9.33. The largest absolute Gasteiger partial charge is 0.481 e. The van der Waals surface area contributed by atoms with Gasteiger partial charge in [0.25, 0.3) is 0 Å². The van der Waals surface area contributed by atoms with E-state index in [2.05, 4.69) is 54.5 Å². The maximum absolute atomic E-state index is 13.1. The molecular formula is C46H74O15. The van der Waals surface area contributed by atoms with Crippen molar-refractivity contribution < 1.29 is 74.1 Å². The summed E-state index contributed by atoms with van der Waals surface area (Å²) in [6, 6.07) is 0. The third-order valence-corrected chi connectivity index (χ3v) is 18.5. The van der Waals surface area contributed by atoms with Crippen LogP contribution in [0.2, 0.25) is 0 Å². The van der Waals surface area contributed by atoms with Gasteiger partial charge in [-0.2, -0.15) is 0 Å². The molecule has 0 radical (unpaired) electrons. The minimum absolute atomic E-state index is 0.0145. The molecule has 0 spiro atoms. The molecule has 8 N–H and O–H groups in total. The van der Waals surface area contributed by atoms with E-state index in [1.807, 2.05) is 0 Å². The summed E-state index contributed by atoms with van der Waals surface area (Å²) in [5.41, 5.74) is 0.298. The van der Waals surface area contributed by atoms with Crippen LogP contribution in [-0.2, 0) is 33.2 Å². The van der Waals surface area contributed by atoms with Gasteiger partial charge in [0.15, 0.2) is 18.9 Å². The number of carboxylic acids is 1. The molecular weight excluding hydrogens is 792 g/mol. The first-order chi connectivity index (χ1) is 28.4. The molecule has 21 atom stereocenters. The third kappa shape index (κ3) is 7.21. The molecule has 3 saturated heterocycles. The van der Waals surface area contributed by atoms with Crippen LogP contribution in [0.3, 0.4) is 0 Å². The van der Waals surface area contributed by atoms with Gasteiger partial charge in [0, 0.05) is 0 Å². The zero-order chi connectivity index (χ0) is 44.4. The van der Waals surface area contributed by atoms with Gasteiger partial charge in [-0.25, -0.2) is 0 Å². The summed E-state index contributed by atoms with van der Waals surface area (Å²) >= 11 is 0. The van der Waals surface area contributed by atoms with Gasteiger partial charge in [-0.1, -0.05) is 60.1 Å². The molecule has 0 unspecified atom stereocenters. The summed E-state index contributed by atoms with van der Waals surface area (Å²) in [7, 11) is 0. The Kier molecular flexibility index (Phi) is 12.1. The molecule has 7 fully saturated rings. The fourth-order valence-electron chi connectivity index (χ4n) is 14.5. The minimum atomic E-state index is -1.69. The standard InChI is InChI=1S/C46H74O15/c1-22-30(49)35(60-37-33(52)31(50)25(47)20-56-37)34(53)38(58-22)61-36-32(51)26(48)21-57-39(36)59-29-12-13-43(6)27(42(29,4)5)11-14-45(8)28(43)10-9-23-24-19-41(2,3)15-17-46(24,40(54)55)18-16-44(23,45)7/h9,22,24-39,47-53H,10-21H2,1-8H3,(H,54,55)/t22-,24-,25-,26-,27-,28+,29-,30-,31-,32-,33+,34+,35+,36+,37-,38-,39-,43-,44+,45+,46-/m0/s1. The van der Waals surface area contributed by atoms with Gasteiger partial charge in [-0.3, -0.25) is 4.79 Å². The number of aliphatic hydroxyl groups excluding tert-OH is 7. The van der Waals surface area contributed by atoms with E-state index in [0.29, 0.717) is 12.3 Å². The highest BCUT2D eigenvalue weighted by atomic mass is 16.8. The van der Waals surface area contributed by atoms with Crippen LogP contribution in [-0.4, -0.2) is 146 Å². The molecule has 61 heavy (non-hydrogen) atoms. The van der Waals surface area contributed by atoms with Crippen molar-refractivity contribution >= 4 is 5.97 Å². The van der Waals surface area contributed by atoms with E-state index < -0.39 is 91.3 Å². The average molecular weight is 867 g/mol. The second kappa shape index (κ2) is 15.9. The van der Waals surface area contributed by atoms with Crippen molar-refractivity contribution in [3.05, 3.63) is 11.6 Å². The number of allylic oxidation sites excluding steroid dienone is 2. The molecule has 348 valence electrons. The highest BCUT2D eigenvalue weighted by Gasteiger charge is 2.69. The van der Waals surface area contributed by atoms with Crippen molar-refractivity contribution in [1.82, 2.24) is 0 Å². The fraction of sp³-hybridized carbons (Fsp3) is 0.935. The third-order valence-electron chi connectivity index (χ3n) is 18.5. The lowest BCUT2D eigenvalue weighted by Crippen LogP contribution is -2.66. The van der Waals surface area contributed by atoms with Crippen LogP contribution in [0.15, 0.2) is 11.6 Å². The summed E-state index contributed by atoms with van der Waals surface area (Å²) in [5, 5.41) is 85.9. The normalized spacial score (nSPS) is 54.3. The second-order valence-electron chi connectivity index (χ2n) is 22.6. The molecule has 3 heterocycles. The van der Waals surface area contributed by atoms with E-state index in [1.165, 1.54) is 12.5 Å². The first-order valence-corrected chi connectivity index (χ1v) is 23.0. The van der Waals surface area contributed by atoms with Gasteiger partial charge in [-0.05, 0) is 116 Å². The lowest BCUT2D eigenvalue weighted by molar-refractivity contribution is -0.378. The van der Waals surface area contributed by atoms with Gasteiger partial charge in [0.2, 0.25) is 0 Å². The van der Waals surface area contributed by atoms with Crippen molar-refractivity contribution in [3.63, 3.8) is 0 Å². The van der Waals surface area contributed by atoms with E-state index in [0.717, 1.165) is 57.8 Å². The number of hydrogen-bond acceptors (Lipinski definition) is 14. The molecule has 3 aliphatic heterocycles. The summed E-state index contributed by atoms with van der Waals surface area (Å²) in [6.45, 7) is 17.5. The summed E-state index contributed by atoms with van der Waals surface area (Å²) in [4.78, 5) is 13.1. The maximum atomic E-state index is 13.1. The van der Waals surface area contributed by atoms with Crippen LogP contribution in [0.5, 0.6) is 0 Å². The molecule has 0 aromatic carbocycles. The van der Waals surface area contributed by atoms with E-state index in [9.17, 15) is 45.6 Å². The maximum Gasteiger partial charge on any atom is 0.310 e. The SMILES string of the molecule is C[C@@H]1O[C@@H](O[C@H]2[C@H](O[C@H]3CC[C@]4(C)[C@H]5CC=C6[C@@H]7CC(C)(C)CC[C@]7(C(=O)O)CC[C@@]6(C)[C@]5(C)CC[C@H]4C3(C)C)OC[C@H](O)[C@@H]2O)[C@H](O)[C@H](O[C@@H]2OC[C@H](O)[C@H](O)[C@H]2O)[C@H]1O. The highest BCUT2D eigenvalue weighted by Crippen LogP contribution is 2.76. The first kappa shape index (κ1) is 46.2. The Bertz CT molecular complexity index is 1670. The Labute approximate surface area is 360 Å². The Balaban J connectivity index is 1.00. The van der Waals surface area contributed by atoms with Crippen molar-refractivity contribution in [2.45, 2.75) is 206 Å². The highest BCUT2D eigenvalue weighted by molar-refractivity contribution is 5.76. The summed E-state index contributed by atoms with van der Waals surface area (Å²) in [5.74, 6) is 0.0702. The van der Waals surface area contributed by atoms with Crippen LogP contribution in [0.25, 0.3) is 0 Å². The van der Waals surface area contributed by atoms with Gasteiger partial charge >= 0.3 is 5.97 Å². The zero-order valence-electron chi connectivity index (χ0n) is 37.3. The lowest BCUT2D eigenvalue weighted by Gasteiger charge is -2.71. The van der Waals surface area contributed by atoms with Crippen LogP contribution in [0, 0.1) is 50.2 Å². The Morgan fingerprint density at radius 3 is 2.00 bits per heavy atom. The van der Waals surface area contributed by atoms with Gasteiger partial charge in [-0.15, -0.1) is 0 Å². The van der Waals surface area contributed by atoms with E-state index >= 15 is 0 Å². The average Bonchev–Trinajstić information content (AvgIpc) is 3.18. The summed E-state index contributed by atoms with van der Waals surface area (Å²) in [6.07, 6.45) is -7.57. The number of carboxylic acid groups (broad SMARTS) is 1. The number of rotatable bonds is 7. The first-order valence-electron chi connectivity index (χ1n) is 23.0. The van der Waals surface area contributed by atoms with Gasteiger partial charge in [0.1, 0.15) is 54.9 Å². The quantitative estimate of drug-likeness (QED) is 0.136. The summed E-state index contributed by atoms with van der Waals surface area (Å²) < 4.78 is 36.2. The van der Waals surface area contributed by atoms with Gasteiger partial charge in [0.05, 0.1) is 30.8 Å². The van der Waals surface area contributed by atoms with Crippen LogP contribution >= 0.6 is 0 Å². The Morgan fingerprint density at radius 2 is 1.31 bits per heavy atom. The smallest absolute Gasteiger partial charge is 0.310 e. The molecule has 15 nitrogen and oxygen atoms in total. The molecule has 8 aliphatic rings. The number of aliphatic carboxylic acids is 1. The van der Waals surface area contributed by atoms with Crippen LogP contribution < -0.4 is 0 Å². The number of carbonyl (C=O) groups is 1. The molecule has 5 aliphatic carbocycles.